The highest BCUT2D eigenvalue weighted by atomic mass is 16.6. The Morgan fingerprint density at radius 1 is 1.11 bits per heavy atom. The van der Waals surface area contributed by atoms with Crippen LogP contribution in [0.1, 0.15) is 23.2 Å². The third-order valence-corrected chi connectivity index (χ3v) is 4.55. The molecule has 28 heavy (non-hydrogen) atoms. The van der Waals surface area contributed by atoms with Gasteiger partial charge < -0.3 is 28.8 Å². The van der Waals surface area contributed by atoms with E-state index in [0.29, 0.717) is 30.9 Å². The van der Waals surface area contributed by atoms with Crippen molar-refractivity contribution in [1.29, 1.82) is 0 Å². The number of hydrogen-bond donors (Lipinski definition) is 1. The van der Waals surface area contributed by atoms with Gasteiger partial charge in [0.1, 0.15) is 24.1 Å². The Bertz CT molecular complexity index is 686. The van der Waals surface area contributed by atoms with E-state index >= 15 is 0 Å². The van der Waals surface area contributed by atoms with Gasteiger partial charge in [-0.15, -0.1) is 0 Å². The van der Waals surface area contributed by atoms with Gasteiger partial charge in [0, 0.05) is 6.08 Å². The highest BCUT2D eigenvalue weighted by molar-refractivity contribution is 5.89. The number of aliphatic hydroxyl groups is 1. The predicted molar refractivity (Wildman–Crippen MR) is 97.0 cm³/mol. The summed E-state index contributed by atoms with van der Waals surface area (Å²) in [5.74, 6) is -0.278. The van der Waals surface area contributed by atoms with Crippen molar-refractivity contribution < 1.29 is 38.4 Å². The number of benzene rings is 1. The van der Waals surface area contributed by atoms with Crippen LogP contribution in [0.15, 0.2) is 36.9 Å². The van der Waals surface area contributed by atoms with Crippen LogP contribution >= 0.6 is 0 Å². The molecule has 2 aliphatic rings. The topological polar surface area (TPSA) is 101 Å². The average Bonchev–Trinajstić information content (AvgIpc) is 3.28. The first-order valence-electron chi connectivity index (χ1n) is 9.23. The van der Waals surface area contributed by atoms with Crippen molar-refractivity contribution >= 4 is 11.9 Å². The van der Waals surface area contributed by atoms with Gasteiger partial charge in [-0.1, -0.05) is 6.58 Å². The Hall–Kier alpha value is -2.42. The summed E-state index contributed by atoms with van der Waals surface area (Å²) in [6.45, 7) is 4.52. The van der Waals surface area contributed by atoms with Gasteiger partial charge in [0.2, 0.25) is 0 Å². The van der Waals surface area contributed by atoms with Crippen LogP contribution in [0.4, 0.5) is 0 Å². The number of hydrogen-bond acceptors (Lipinski definition) is 8. The number of rotatable bonds is 9. The summed E-state index contributed by atoms with van der Waals surface area (Å²) < 4.78 is 26.8. The lowest BCUT2D eigenvalue weighted by Crippen LogP contribution is -2.34. The van der Waals surface area contributed by atoms with E-state index in [1.54, 1.807) is 24.3 Å². The number of fused-ring (bicyclic) bond motifs is 1. The molecule has 152 valence electrons. The van der Waals surface area contributed by atoms with Crippen LogP contribution in [0.3, 0.4) is 0 Å². The first kappa shape index (κ1) is 20.3. The molecule has 4 unspecified atom stereocenters. The van der Waals surface area contributed by atoms with E-state index in [1.807, 2.05) is 0 Å². The Kier molecular flexibility index (Phi) is 7.02. The maximum atomic E-state index is 12.3. The van der Waals surface area contributed by atoms with E-state index in [0.717, 1.165) is 12.5 Å². The zero-order valence-corrected chi connectivity index (χ0v) is 15.5. The second kappa shape index (κ2) is 9.68. The molecule has 2 fully saturated rings. The molecule has 0 aromatic heterocycles. The summed E-state index contributed by atoms with van der Waals surface area (Å²) in [4.78, 5) is 23.2. The van der Waals surface area contributed by atoms with Crippen LogP contribution in [0.2, 0.25) is 0 Å². The maximum Gasteiger partial charge on any atom is 0.338 e. The molecular weight excluding hydrogens is 368 g/mol. The summed E-state index contributed by atoms with van der Waals surface area (Å²) in [6, 6.07) is 6.64. The SMILES string of the molecule is C=CC(=O)OCCCCOc1ccc(C(=O)OC2COC3C(O)COC23)cc1. The van der Waals surface area contributed by atoms with Gasteiger partial charge in [-0.3, -0.25) is 0 Å². The van der Waals surface area contributed by atoms with Crippen LogP contribution in [-0.2, 0) is 23.7 Å². The van der Waals surface area contributed by atoms with Gasteiger partial charge >= 0.3 is 11.9 Å². The summed E-state index contributed by atoms with van der Waals surface area (Å²) in [5, 5.41) is 9.72. The van der Waals surface area contributed by atoms with Crippen molar-refractivity contribution in [2.45, 2.75) is 37.3 Å². The van der Waals surface area contributed by atoms with Crippen LogP contribution in [0.25, 0.3) is 0 Å². The molecule has 8 nitrogen and oxygen atoms in total. The number of unbranched alkanes of at least 4 members (excludes halogenated alkanes) is 1. The Balaban J connectivity index is 1.38. The first-order valence-corrected chi connectivity index (χ1v) is 9.23. The summed E-state index contributed by atoms with van der Waals surface area (Å²) >= 11 is 0. The molecule has 4 atom stereocenters. The van der Waals surface area contributed by atoms with Gasteiger partial charge in [0.05, 0.1) is 32.0 Å². The van der Waals surface area contributed by atoms with Gasteiger partial charge in [-0.05, 0) is 37.1 Å². The van der Waals surface area contributed by atoms with Crippen molar-refractivity contribution in [3.05, 3.63) is 42.5 Å². The number of aliphatic hydroxyl groups excluding tert-OH is 1. The highest BCUT2D eigenvalue weighted by Crippen LogP contribution is 2.29. The van der Waals surface area contributed by atoms with Gasteiger partial charge in [-0.2, -0.15) is 0 Å². The summed E-state index contributed by atoms with van der Waals surface area (Å²) in [7, 11) is 0. The Morgan fingerprint density at radius 3 is 2.57 bits per heavy atom. The second-order valence-electron chi connectivity index (χ2n) is 6.56. The molecule has 0 radical (unpaired) electrons. The fourth-order valence-electron chi connectivity index (χ4n) is 3.06. The van der Waals surface area contributed by atoms with Crippen molar-refractivity contribution in [2.24, 2.45) is 0 Å². The molecule has 8 heteroatoms. The predicted octanol–water partition coefficient (Wildman–Crippen LogP) is 1.26. The lowest BCUT2D eigenvalue weighted by Gasteiger charge is -2.16. The quantitative estimate of drug-likeness (QED) is 0.381. The normalized spacial score (nSPS) is 25.8. The highest BCUT2D eigenvalue weighted by Gasteiger charge is 2.48. The third-order valence-electron chi connectivity index (χ3n) is 4.55. The molecule has 1 aromatic carbocycles. The Morgan fingerprint density at radius 2 is 1.82 bits per heavy atom. The fraction of sp³-hybridized carbons (Fsp3) is 0.500. The van der Waals surface area contributed by atoms with E-state index in [1.165, 1.54) is 0 Å². The molecule has 0 saturated carbocycles. The fourth-order valence-corrected chi connectivity index (χ4v) is 3.06. The molecule has 1 aromatic rings. The second-order valence-corrected chi connectivity index (χ2v) is 6.56. The molecular formula is C20H24O8. The van der Waals surface area contributed by atoms with Crippen LogP contribution in [0, 0.1) is 0 Å². The third kappa shape index (κ3) is 5.09. The molecule has 0 bridgehead atoms. The minimum atomic E-state index is -0.681. The lowest BCUT2D eigenvalue weighted by atomic mass is 10.1. The number of carbonyl (C=O) groups excluding carboxylic acids is 2. The smallest absolute Gasteiger partial charge is 0.338 e. The molecule has 1 N–H and O–H groups in total. The first-order chi connectivity index (χ1) is 13.6. The van der Waals surface area contributed by atoms with E-state index in [4.69, 9.17) is 23.7 Å². The van der Waals surface area contributed by atoms with E-state index in [2.05, 4.69) is 6.58 Å². The van der Waals surface area contributed by atoms with Gasteiger partial charge in [0.15, 0.2) is 6.10 Å². The molecule has 2 saturated heterocycles. The molecule has 0 amide bonds. The van der Waals surface area contributed by atoms with Crippen molar-refractivity contribution in [3.8, 4) is 5.75 Å². The van der Waals surface area contributed by atoms with Crippen LogP contribution in [0.5, 0.6) is 5.75 Å². The largest absolute Gasteiger partial charge is 0.494 e. The zero-order chi connectivity index (χ0) is 19.9. The monoisotopic (exact) mass is 392 g/mol. The minimum Gasteiger partial charge on any atom is -0.494 e. The van der Waals surface area contributed by atoms with Crippen LogP contribution in [-0.4, -0.2) is 67.9 Å². The number of ether oxygens (including phenoxy) is 5. The summed E-state index contributed by atoms with van der Waals surface area (Å²) in [6.07, 6.45) is 0.475. The average molecular weight is 392 g/mol. The number of carbonyl (C=O) groups is 2. The van der Waals surface area contributed by atoms with E-state index < -0.39 is 36.4 Å². The minimum absolute atomic E-state index is 0.187. The molecule has 0 spiro atoms. The Labute approximate surface area is 163 Å². The molecule has 2 heterocycles. The van der Waals surface area contributed by atoms with Gasteiger partial charge in [-0.25, -0.2) is 9.59 Å². The van der Waals surface area contributed by atoms with E-state index in [9.17, 15) is 14.7 Å². The maximum absolute atomic E-state index is 12.3. The molecule has 0 aliphatic carbocycles. The van der Waals surface area contributed by atoms with Crippen molar-refractivity contribution in [1.82, 2.24) is 0 Å². The standard InChI is InChI=1S/C20H24O8/c1-2-17(22)25-10-4-3-9-24-14-7-5-13(6-8-14)20(23)28-16-12-27-18-15(21)11-26-19(16)18/h2,5-8,15-16,18-19,21H,1,3-4,9-12H2. The molecule has 2 aliphatic heterocycles. The van der Waals surface area contributed by atoms with E-state index in [-0.39, 0.29) is 13.2 Å². The zero-order valence-electron chi connectivity index (χ0n) is 15.5. The van der Waals surface area contributed by atoms with Crippen molar-refractivity contribution in [3.63, 3.8) is 0 Å². The van der Waals surface area contributed by atoms with Gasteiger partial charge in [0.25, 0.3) is 0 Å². The lowest BCUT2D eigenvalue weighted by molar-refractivity contribution is -0.137. The van der Waals surface area contributed by atoms with Crippen molar-refractivity contribution in [2.75, 3.05) is 26.4 Å². The van der Waals surface area contributed by atoms with Crippen LogP contribution < -0.4 is 4.74 Å². The molecule has 3 rings (SSSR count). The summed E-state index contributed by atoms with van der Waals surface area (Å²) in [5.41, 5.74) is 0.394. The number of esters is 2.